The molecule has 10 heteroatoms. The Labute approximate surface area is 163 Å². The summed E-state index contributed by atoms with van der Waals surface area (Å²) in [6.07, 6.45) is 2.58. The summed E-state index contributed by atoms with van der Waals surface area (Å²) < 4.78 is 34.8. The van der Waals surface area contributed by atoms with Crippen molar-refractivity contribution in [3.63, 3.8) is 0 Å². The molecule has 0 bridgehead atoms. The van der Waals surface area contributed by atoms with Gasteiger partial charge in [-0.05, 0) is 37.0 Å². The summed E-state index contributed by atoms with van der Waals surface area (Å²) in [6.45, 7) is 1.14. The number of amides is 1. The molecule has 4 rings (SSSR count). The summed E-state index contributed by atoms with van der Waals surface area (Å²) in [5, 5.41) is 7.33. The van der Waals surface area contributed by atoms with E-state index in [-0.39, 0.29) is 16.7 Å². The summed E-state index contributed by atoms with van der Waals surface area (Å²) in [5.41, 5.74) is 1.09. The van der Waals surface area contributed by atoms with Gasteiger partial charge in [0.2, 0.25) is 10.0 Å². The number of carbonyl (C=O) groups is 1. The van der Waals surface area contributed by atoms with Crippen LogP contribution < -0.4 is 14.8 Å². The summed E-state index contributed by atoms with van der Waals surface area (Å²) in [7, 11) is -0.309. The third-order valence-corrected chi connectivity index (χ3v) is 6.91. The number of rotatable bonds is 3. The molecular formula is C18H23N5O4S. The Bertz CT molecular complexity index is 995. The lowest BCUT2D eigenvalue weighted by molar-refractivity contribution is 0.0668. The Morgan fingerprint density at radius 2 is 2.00 bits per heavy atom. The predicted molar refractivity (Wildman–Crippen MR) is 103 cm³/mol. The predicted octanol–water partition coefficient (Wildman–Crippen LogP) is 1.01. The number of carbonyl (C=O) groups excluding carboxylic acids is 1. The highest BCUT2D eigenvalue weighted by molar-refractivity contribution is 7.89. The van der Waals surface area contributed by atoms with Crippen molar-refractivity contribution in [2.24, 2.45) is 13.0 Å². The molecule has 150 valence electrons. The van der Waals surface area contributed by atoms with Crippen molar-refractivity contribution in [1.29, 1.82) is 0 Å². The van der Waals surface area contributed by atoms with Crippen LogP contribution in [0.1, 0.15) is 23.3 Å². The van der Waals surface area contributed by atoms with Crippen LogP contribution in [0.2, 0.25) is 0 Å². The lowest BCUT2D eigenvalue weighted by atomic mass is 9.93. The van der Waals surface area contributed by atoms with Gasteiger partial charge < -0.3 is 15.0 Å². The van der Waals surface area contributed by atoms with Crippen LogP contribution in [0.25, 0.3) is 0 Å². The lowest BCUT2D eigenvalue weighted by Gasteiger charge is -2.38. The van der Waals surface area contributed by atoms with Crippen molar-refractivity contribution in [3.05, 3.63) is 36.2 Å². The first kappa shape index (κ1) is 18.8. The number of likely N-dealkylation sites (tertiary alicyclic amines) is 1. The van der Waals surface area contributed by atoms with E-state index >= 15 is 0 Å². The fourth-order valence-corrected chi connectivity index (χ4v) is 5.17. The average Bonchev–Trinajstić information content (AvgIpc) is 3.12. The van der Waals surface area contributed by atoms with Gasteiger partial charge in [0.1, 0.15) is 16.3 Å². The summed E-state index contributed by atoms with van der Waals surface area (Å²) in [6, 6.07) is 6.56. The maximum Gasteiger partial charge on any atom is 0.272 e. The number of nitrogens with zero attached hydrogens (tertiary/aromatic N) is 3. The van der Waals surface area contributed by atoms with Crippen LogP contribution in [0.3, 0.4) is 0 Å². The molecule has 1 aromatic heterocycles. The number of aryl methyl sites for hydroxylation is 1. The minimum Gasteiger partial charge on any atom is -0.497 e. The van der Waals surface area contributed by atoms with Gasteiger partial charge in [0.15, 0.2) is 0 Å². The zero-order valence-corrected chi connectivity index (χ0v) is 16.6. The molecule has 0 spiro atoms. The number of piperidine rings is 1. The molecule has 3 heterocycles. The van der Waals surface area contributed by atoms with Crippen molar-refractivity contribution in [3.8, 4) is 5.75 Å². The van der Waals surface area contributed by atoms with E-state index in [0.717, 1.165) is 0 Å². The summed E-state index contributed by atoms with van der Waals surface area (Å²) in [4.78, 5) is 14.6. The number of benzene rings is 1. The largest absolute Gasteiger partial charge is 0.497 e. The van der Waals surface area contributed by atoms with Crippen molar-refractivity contribution >= 4 is 21.6 Å². The molecule has 0 saturated carbocycles. The Balaban J connectivity index is 1.46. The van der Waals surface area contributed by atoms with Gasteiger partial charge in [-0.2, -0.15) is 9.82 Å². The Morgan fingerprint density at radius 1 is 1.25 bits per heavy atom. The number of aromatic nitrogens is 2. The zero-order valence-electron chi connectivity index (χ0n) is 15.8. The fourth-order valence-electron chi connectivity index (χ4n) is 3.81. The third-order valence-electron chi connectivity index (χ3n) is 5.41. The monoisotopic (exact) mass is 405 g/mol. The van der Waals surface area contributed by atoms with E-state index in [0.29, 0.717) is 43.1 Å². The van der Waals surface area contributed by atoms with Gasteiger partial charge in [0, 0.05) is 32.4 Å². The van der Waals surface area contributed by atoms with Crippen LogP contribution in [-0.2, 0) is 17.1 Å². The highest BCUT2D eigenvalue weighted by Gasteiger charge is 2.36. The average molecular weight is 405 g/mol. The molecule has 0 aliphatic carbocycles. The maximum absolute atomic E-state index is 12.6. The molecule has 1 saturated heterocycles. The molecule has 2 aromatic rings. The topological polar surface area (TPSA) is 106 Å². The molecule has 0 unspecified atom stereocenters. The molecule has 2 aliphatic rings. The van der Waals surface area contributed by atoms with Crippen LogP contribution in [0.4, 0.5) is 5.69 Å². The molecule has 1 amide bonds. The Morgan fingerprint density at radius 3 is 2.64 bits per heavy atom. The molecule has 1 fully saturated rings. The molecule has 2 N–H and O–H groups in total. The van der Waals surface area contributed by atoms with E-state index in [4.69, 9.17) is 4.74 Å². The number of sulfonamides is 1. The number of anilines is 1. The second kappa shape index (κ2) is 7.10. The van der Waals surface area contributed by atoms with Crippen molar-refractivity contribution < 1.29 is 17.9 Å². The van der Waals surface area contributed by atoms with Crippen LogP contribution in [0, 0.1) is 5.92 Å². The van der Waals surface area contributed by atoms with Gasteiger partial charge in [-0.3, -0.25) is 9.48 Å². The van der Waals surface area contributed by atoms with E-state index in [1.54, 1.807) is 48.1 Å². The van der Waals surface area contributed by atoms with Gasteiger partial charge in [-0.25, -0.2) is 8.42 Å². The standard InChI is InChI=1S/C18H23N5O4S/c1-22-15(5-8-19-22)18(24)23-9-6-12(7-10-23)17-20-14-11-13(27-2)3-4-16(14)28(25,26)21-17/h3-5,8,11-12,17,20-21H,6-7,9-10H2,1-2H3/t17-/m1/s1. The molecule has 28 heavy (non-hydrogen) atoms. The molecule has 1 atom stereocenters. The van der Waals surface area contributed by atoms with E-state index < -0.39 is 16.2 Å². The number of fused-ring (bicyclic) bond motifs is 1. The number of hydrogen-bond donors (Lipinski definition) is 2. The number of nitrogens with one attached hydrogen (secondary N) is 2. The normalized spacial score (nSPS) is 21.6. The first-order valence-corrected chi connectivity index (χ1v) is 10.6. The Hall–Kier alpha value is -2.59. The van der Waals surface area contributed by atoms with E-state index in [1.165, 1.54) is 6.07 Å². The second-order valence-corrected chi connectivity index (χ2v) is 8.76. The van der Waals surface area contributed by atoms with Crippen LogP contribution in [0.5, 0.6) is 5.75 Å². The summed E-state index contributed by atoms with van der Waals surface area (Å²) >= 11 is 0. The van der Waals surface area contributed by atoms with E-state index in [9.17, 15) is 13.2 Å². The van der Waals surface area contributed by atoms with E-state index in [2.05, 4.69) is 15.1 Å². The minimum absolute atomic E-state index is 0.0503. The Kier molecular flexibility index (Phi) is 4.76. The maximum atomic E-state index is 12.6. The fraction of sp³-hybridized carbons (Fsp3) is 0.444. The van der Waals surface area contributed by atoms with Gasteiger partial charge in [-0.15, -0.1) is 0 Å². The zero-order chi connectivity index (χ0) is 19.9. The van der Waals surface area contributed by atoms with E-state index in [1.807, 2.05) is 0 Å². The lowest BCUT2D eigenvalue weighted by Crippen LogP contribution is -2.52. The third kappa shape index (κ3) is 3.33. The van der Waals surface area contributed by atoms with Crippen molar-refractivity contribution in [2.45, 2.75) is 23.9 Å². The second-order valence-electron chi connectivity index (χ2n) is 7.08. The quantitative estimate of drug-likeness (QED) is 0.790. The van der Waals surface area contributed by atoms with Gasteiger partial charge in [0.25, 0.3) is 5.91 Å². The molecular weight excluding hydrogens is 382 g/mol. The molecule has 1 aromatic carbocycles. The number of hydrogen-bond acceptors (Lipinski definition) is 6. The highest BCUT2D eigenvalue weighted by Crippen LogP contribution is 2.33. The van der Waals surface area contributed by atoms with Gasteiger partial charge in [0.05, 0.1) is 19.0 Å². The smallest absolute Gasteiger partial charge is 0.272 e. The van der Waals surface area contributed by atoms with Crippen molar-refractivity contribution in [2.75, 3.05) is 25.5 Å². The van der Waals surface area contributed by atoms with Gasteiger partial charge >= 0.3 is 0 Å². The van der Waals surface area contributed by atoms with Gasteiger partial charge in [-0.1, -0.05) is 0 Å². The van der Waals surface area contributed by atoms with Crippen LogP contribution in [-0.4, -0.2) is 55.4 Å². The first-order valence-electron chi connectivity index (χ1n) is 9.13. The molecule has 2 aliphatic heterocycles. The molecule has 9 nitrogen and oxygen atoms in total. The van der Waals surface area contributed by atoms with Crippen LogP contribution in [0.15, 0.2) is 35.4 Å². The van der Waals surface area contributed by atoms with Crippen molar-refractivity contribution in [1.82, 2.24) is 19.4 Å². The SMILES string of the molecule is COc1ccc2c(c1)N[C@@H](C1CCN(C(=O)c3ccnn3C)CC1)NS2(=O)=O. The highest BCUT2D eigenvalue weighted by atomic mass is 32.2. The molecule has 0 radical (unpaired) electrons. The first-order chi connectivity index (χ1) is 13.4. The number of ether oxygens (including phenoxy) is 1. The van der Waals surface area contributed by atoms with Crippen LogP contribution >= 0.6 is 0 Å². The summed E-state index contributed by atoms with van der Waals surface area (Å²) in [5.74, 6) is 0.620. The number of methoxy groups -OCH3 is 1. The minimum atomic E-state index is -3.60.